The molecule has 0 fully saturated rings. The van der Waals surface area contributed by atoms with Crippen molar-refractivity contribution >= 4 is 27.4 Å². The molecule has 1 aliphatic heterocycles. The molecule has 4 rings (SSSR count). The fraction of sp³-hybridized carbons (Fsp3) is 0.182. The van der Waals surface area contributed by atoms with E-state index in [1.54, 1.807) is 31.2 Å². The highest BCUT2D eigenvalue weighted by atomic mass is 32.1. The van der Waals surface area contributed by atoms with E-state index in [-0.39, 0.29) is 29.1 Å². The summed E-state index contributed by atoms with van der Waals surface area (Å²) in [6, 6.07) is 11.6. The number of benzene rings is 2. The van der Waals surface area contributed by atoms with Gasteiger partial charge in [0.05, 0.1) is 23.7 Å². The summed E-state index contributed by atoms with van der Waals surface area (Å²) >= 11 is 0.864. The molecule has 1 atom stereocenters. The molecule has 1 aromatic heterocycles. The number of hydrogen-bond donors (Lipinski definition) is 1. The first-order valence-corrected chi connectivity index (χ1v) is 10.1. The molecule has 0 saturated heterocycles. The van der Waals surface area contributed by atoms with Gasteiger partial charge in [0.1, 0.15) is 11.3 Å². The quantitative estimate of drug-likeness (QED) is 0.597. The van der Waals surface area contributed by atoms with Crippen molar-refractivity contribution < 1.29 is 27.4 Å². The standard InChI is InChI=1S/C22H16F3NO4S/c1-2-29-20(27)17-15(11-7-3-5-9-13(11)22(23,24)25)16-18(30-19(17)26)12-8-4-6-10-14(12)31-21(16)28/h3-10,15H,2,26H2,1H3/t15-/m1/s1. The minimum Gasteiger partial charge on any atom is -0.462 e. The van der Waals surface area contributed by atoms with Crippen LogP contribution < -0.4 is 15.2 Å². The van der Waals surface area contributed by atoms with Crippen LogP contribution in [0.15, 0.2) is 64.8 Å². The van der Waals surface area contributed by atoms with Crippen LogP contribution in [-0.2, 0) is 15.7 Å². The summed E-state index contributed by atoms with van der Waals surface area (Å²) in [6.45, 7) is 1.53. The Bertz CT molecular complexity index is 1280. The van der Waals surface area contributed by atoms with Crippen molar-refractivity contribution in [3.63, 3.8) is 0 Å². The number of halogens is 3. The number of alkyl halides is 3. The third-order valence-corrected chi connectivity index (χ3v) is 5.91. The van der Waals surface area contributed by atoms with E-state index in [0.717, 1.165) is 17.4 Å². The van der Waals surface area contributed by atoms with Crippen molar-refractivity contribution in [2.24, 2.45) is 5.73 Å². The van der Waals surface area contributed by atoms with Gasteiger partial charge in [-0.3, -0.25) is 4.79 Å². The lowest BCUT2D eigenvalue weighted by atomic mass is 9.81. The van der Waals surface area contributed by atoms with E-state index in [0.29, 0.717) is 10.1 Å². The monoisotopic (exact) mass is 447 g/mol. The number of rotatable bonds is 3. The van der Waals surface area contributed by atoms with Gasteiger partial charge in [0.25, 0.3) is 0 Å². The van der Waals surface area contributed by atoms with Crippen LogP contribution in [0.1, 0.15) is 29.5 Å². The van der Waals surface area contributed by atoms with Crippen LogP contribution in [0, 0.1) is 0 Å². The normalized spacial score (nSPS) is 16.1. The molecule has 0 saturated carbocycles. The zero-order valence-electron chi connectivity index (χ0n) is 16.2. The maximum absolute atomic E-state index is 13.8. The Balaban J connectivity index is 2.10. The lowest BCUT2D eigenvalue weighted by molar-refractivity contribution is -0.140. The summed E-state index contributed by atoms with van der Waals surface area (Å²) < 4.78 is 52.3. The molecule has 0 radical (unpaired) electrons. The predicted octanol–water partition coefficient (Wildman–Crippen LogP) is 4.54. The number of hydrogen-bond acceptors (Lipinski definition) is 6. The van der Waals surface area contributed by atoms with Crippen molar-refractivity contribution in [2.75, 3.05) is 6.61 Å². The Morgan fingerprint density at radius 3 is 2.55 bits per heavy atom. The first kappa shape index (κ1) is 20.9. The number of carbonyl (C=O) groups is 1. The summed E-state index contributed by atoms with van der Waals surface area (Å²) in [5.74, 6) is -2.68. The summed E-state index contributed by atoms with van der Waals surface area (Å²) in [5, 5.41) is 0.516. The molecule has 1 aliphatic rings. The Morgan fingerprint density at radius 1 is 1.16 bits per heavy atom. The van der Waals surface area contributed by atoms with Gasteiger partial charge in [-0.1, -0.05) is 41.7 Å². The largest absolute Gasteiger partial charge is 0.462 e. The number of fused-ring (bicyclic) bond motifs is 3. The van der Waals surface area contributed by atoms with Crippen LogP contribution in [0.2, 0.25) is 0 Å². The fourth-order valence-electron chi connectivity index (χ4n) is 3.69. The van der Waals surface area contributed by atoms with Gasteiger partial charge in [0.15, 0.2) is 0 Å². The molecular formula is C22H16F3NO4S. The van der Waals surface area contributed by atoms with Crippen LogP contribution in [-0.4, -0.2) is 12.6 Å². The van der Waals surface area contributed by atoms with Crippen molar-refractivity contribution in [3.05, 3.63) is 86.2 Å². The van der Waals surface area contributed by atoms with Gasteiger partial charge in [0.2, 0.25) is 10.6 Å². The SMILES string of the molecule is CCOC(=O)C1=C(N)Oc2c(c(=O)sc3ccccc23)[C@H]1c1ccccc1C(F)(F)F. The zero-order chi connectivity index (χ0) is 22.3. The van der Waals surface area contributed by atoms with E-state index in [1.807, 2.05) is 0 Å². The summed E-state index contributed by atoms with van der Waals surface area (Å²) in [7, 11) is 0. The van der Waals surface area contributed by atoms with Gasteiger partial charge in [-0.25, -0.2) is 4.79 Å². The Kier molecular flexibility index (Phi) is 5.22. The van der Waals surface area contributed by atoms with Crippen molar-refractivity contribution in [1.82, 2.24) is 0 Å². The smallest absolute Gasteiger partial charge is 0.416 e. The van der Waals surface area contributed by atoms with Gasteiger partial charge in [0, 0.05) is 10.1 Å². The predicted molar refractivity (Wildman–Crippen MR) is 110 cm³/mol. The minimum absolute atomic E-state index is 0.0271. The van der Waals surface area contributed by atoms with Gasteiger partial charge < -0.3 is 15.2 Å². The maximum atomic E-state index is 13.8. The van der Waals surface area contributed by atoms with Crippen LogP contribution in [0.25, 0.3) is 10.1 Å². The molecule has 0 spiro atoms. The second-order valence-corrected chi connectivity index (χ2v) is 7.76. The average Bonchev–Trinajstić information content (AvgIpc) is 2.72. The van der Waals surface area contributed by atoms with E-state index in [9.17, 15) is 22.8 Å². The maximum Gasteiger partial charge on any atom is 0.416 e. The number of nitrogens with two attached hydrogens (primary N) is 1. The Labute approximate surface area is 178 Å². The lowest BCUT2D eigenvalue weighted by Crippen LogP contribution is -2.31. The number of esters is 1. The van der Waals surface area contributed by atoms with Crippen LogP contribution in [0.5, 0.6) is 5.75 Å². The molecule has 9 heteroatoms. The molecule has 2 heterocycles. The molecule has 0 bridgehead atoms. The molecule has 0 aliphatic carbocycles. The van der Waals surface area contributed by atoms with E-state index < -0.39 is 34.3 Å². The molecule has 2 aromatic carbocycles. The second-order valence-electron chi connectivity index (χ2n) is 6.75. The van der Waals surface area contributed by atoms with Gasteiger partial charge in [-0.2, -0.15) is 13.2 Å². The average molecular weight is 447 g/mol. The molecule has 3 aromatic rings. The van der Waals surface area contributed by atoms with Crippen molar-refractivity contribution in [2.45, 2.75) is 19.0 Å². The Morgan fingerprint density at radius 2 is 1.84 bits per heavy atom. The van der Waals surface area contributed by atoms with Crippen molar-refractivity contribution in [3.8, 4) is 5.75 Å². The fourth-order valence-corrected chi connectivity index (χ4v) is 4.63. The van der Waals surface area contributed by atoms with E-state index in [1.165, 1.54) is 18.2 Å². The molecule has 5 nitrogen and oxygen atoms in total. The molecular weight excluding hydrogens is 431 g/mol. The first-order chi connectivity index (χ1) is 14.7. The van der Waals surface area contributed by atoms with Gasteiger partial charge in [-0.15, -0.1) is 0 Å². The van der Waals surface area contributed by atoms with Crippen LogP contribution in [0.3, 0.4) is 0 Å². The number of ether oxygens (including phenoxy) is 2. The summed E-state index contributed by atoms with van der Waals surface area (Å²) in [6.07, 6.45) is -4.72. The van der Waals surface area contributed by atoms with E-state index in [4.69, 9.17) is 15.2 Å². The lowest BCUT2D eigenvalue weighted by Gasteiger charge is -2.29. The highest BCUT2D eigenvalue weighted by Crippen LogP contribution is 2.47. The van der Waals surface area contributed by atoms with E-state index >= 15 is 0 Å². The summed E-state index contributed by atoms with van der Waals surface area (Å²) in [4.78, 5) is 25.8. The molecule has 2 N–H and O–H groups in total. The minimum atomic E-state index is -4.72. The first-order valence-electron chi connectivity index (χ1n) is 9.30. The topological polar surface area (TPSA) is 78.6 Å². The number of carbonyl (C=O) groups excluding carboxylic acids is 1. The third kappa shape index (κ3) is 3.54. The van der Waals surface area contributed by atoms with E-state index in [2.05, 4.69) is 0 Å². The zero-order valence-corrected chi connectivity index (χ0v) is 17.0. The molecule has 0 unspecified atom stereocenters. The molecule has 31 heavy (non-hydrogen) atoms. The van der Waals surface area contributed by atoms with Gasteiger partial charge in [-0.05, 0) is 30.7 Å². The van der Waals surface area contributed by atoms with Crippen molar-refractivity contribution in [1.29, 1.82) is 0 Å². The van der Waals surface area contributed by atoms with Crippen LogP contribution in [0.4, 0.5) is 13.2 Å². The summed E-state index contributed by atoms with van der Waals surface area (Å²) in [5.41, 5.74) is 4.38. The third-order valence-electron chi connectivity index (χ3n) is 4.93. The highest BCUT2D eigenvalue weighted by Gasteiger charge is 2.43. The Hall–Kier alpha value is -3.33. The van der Waals surface area contributed by atoms with Gasteiger partial charge >= 0.3 is 12.1 Å². The molecule has 160 valence electrons. The highest BCUT2D eigenvalue weighted by molar-refractivity contribution is 7.16. The van der Waals surface area contributed by atoms with Crippen LogP contribution >= 0.6 is 11.3 Å². The second kappa shape index (κ2) is 7.73. The molecule has 0 amide bonds.